The number of amides is 1. The number of aromatic nitrogens is 2. The number of hydrogen-bond acceptors (Lipinski definition) is 7. The van der Waals surface area contributed by atoms with E-state index in [-0.39, 0.29) is 11.7 Å². The van der Waals surface area contributed by atoms with Gasteiger partial charge in [0.05, 0.1) is 31.6 Å². The molecule has 2 atom stereocenters. The van der Waals surface area contributed by atoms with E-state index in [1.54, 1.807) is 13.0 Å². The zero-order chi connectivity index (χ0) is 22.6. The van der Waals surface area contributed by atoms with Gasteiger partial charge in [-0.2, -0.15) is 0 Å². The van der Waals surface area contributed by atoms with Crippen molar-refractivity contribution < 1.29 is 22.3 Å². The highest BCUT2D eigenvalue weighted by Gasteiger charge is 2.28. The molecule has 0 spiro atoms. The van der Waals surface area contributed by atoms with E-state index in [4.69, 9.17) is 16.3 Å². The molecule has 1 aliphatic rings. The molecule has 1 aliphatic heterocycles. The van der Waals surface area contributed by atoms with Gasteiger partial charge in [-0.3, -0.25) is 4.79 Å². The van der Waals surface area contributed by atoms with Crippen molar-refractivity contribution in [1.29, 1.82) is 0 Å². The van der Waals surface area contributed by atoms with E-state index in [0.717, 1.165) is 11.7 Å². The second-order valence-electron chi connectivity index (χ2n) is 7.13. The van der Waals surface area contributed by atoms with Gasteiger partial charge in [0.25, 0.3) is 5.91 Å². The van der Waals surface area contributed by atoms with E-state index in [1.165, 1.54) is 30.6 Å². The Morgan fingerprint density at radius 1 is 1.39 bits per heavy atom. The number of nitrogens with one attached hydrogen (secondary N) is 1. The highest BCUT2D eigenvalue weighted by atomic mass is 35.5. The first-order valence-corrected chi connectivity index (χ1v) is 11.8. The minimum Gasteiger partial charge on any atom is -0.377 e. The first-order chi connectivity index (χ1) is 14.6. The van der Waals surface area contributed by atoms with Gasteiger partial charge in [0.1, 0.15) is 17.3 Å². The third-order valence-electron chi connectivity index (χ3n) is 4.59. The van der Waals surface area contributed by atoms with Crippen LogP contribution < -0.4 is 10.2 Å². The van der Waals surface area contributed by atoms with Crippen molar-refractivity contribution in [3.8, 4) is 0 Å². The van der Waals surface area contributed by atoms with Crippen LogP contribution in [0, 0.1) is 5.82 Å². The number of morpholine rings is 1. The Bertz CT molecular complexity index is 1080. The van der Waals surface area contributed by atoms with Crippen LogP contribution in [0.2, 0.25) is 5.02 Å². The number of carbonyl (C=O) groups is 1. The molecule has 1 aromatic heterocycles. The molecule has 8 nitrogen and oxygen atoms in total. The van der Waals surface area contributed by atoms with E-state index < -0.39 is 27.6 Å². The van der Waals surface area contributed by atoms with Crippen LogP contribution in [0.1, 0.15) is 29.0 Å². The molecule has 1 N–H and O–H groups in total. The number of anilines is 1. The average molecular weight is 469 g/mol. The van der Waals surface area contributed by atoms with Crippen molar-refractivity contribution in [2.24, 2.45) is 0 Å². The van der Waals surface area contributed by atoms with Gasteiger partial charge >= 0.3 is 0 Å². The summed E-state index contributed by atoms with van der Waals surface area (Å²) in [4.78, 5) is 22.8. The van der Waals surface area contributed by atoms with Crippen molar-refractivity contribution in [3.63, 3.8) is 0 Å². The maximum Gasteiger partial charge on any atom is 0.271 e. The molecule has 1 saturated heterocycles. The first kappa shape index (κ1) is 23.1. The van der Waals surface area contributed by atoms with Crippen LogP contribution in [0.5, 0.6) is 0 Å². The van der Waals surface area contributed by atoms with Gasteiger partial charge in [0.2, 0.25) is 0 Å². The van der Waals surface area contributed by atoms with Gasteiger partial charge in [-0.05, 0) is 24.6 Å². The number of hydrogen-bond donors (Lipinski definition) is 1. The van der Waals surface area contributed by atoms with Gasteiger partial charge in [-0.15, -0.1) is 0 Å². The Morgan fingerprint density at radius 2 is 2.16 bits per heavy atom. The van der Waals surface area contributed by atoms with Crippen molar-refractivity contribution >= 4 is 33.2 Å². The lowest BCUT2D eigenvalue weighted by molar-refractivity contribution is 0.0930. The molecule has 11 heteroatoms. The SMILES string of the molecule is C[C@H](/C=C/S(C)(=O)=O)NC(=O)c1cnc(N2CCOCC2c2ccc(F)cc2Cl)cn1. The van der Waals surface area contributed by atoms with Gasteiger partial charge < -0.3 is 15.0 Å². The van der Waals surface area contributed by atoms with E-state index in [1.807, 2.05) is 4.90 Å². The molecule has 0 aliphatic carbocycles. The number of sulfone groups is 1. The van der Waals surface area contributed by atoms with E-state index in [2.05, 4.69) is 15.3 Å². The van der Waals surface area contributed by atoms with E-state index in [9.17, 15) is 17.6 Å². The lowest BCUT2D eigenvalue weighted by atomic mass is 10.0. The predicted molar refractivity (Wildman–Crippen MR) is 115 cm³/mol. The Balaban J connectivity index is 1.74. The standard InChI is InChI=1S/C20H22ClFN4O4S/c1-13(5-8-31(2,28)29)25-20(27)17-10-24-19(11-23-17)26-6-7-30-12-18(26)15-4-3-14(22)9-16(15)21/h3-5,8-11,13,18H,6-7,12H2,1-2H3,(H,25,27)/b8-5+/t13-,18?/m1/s1. The normalized spacial score (nSPS) is 18.2. The second kappa shape index (κ2) is 9.71. The smallest absolute Gasteiger partial charge is 0.271 e. The minimum absolute atomic E-state index is 0.0907. The highest BCUT2D eigenvalue weighted by Crippen LogP contribution is 2.32. The fourth-order valence-electron chi connectivity index (χ4n) is 3.08. The summed E-state index contributed by atoms with van der Waals surface area (Å²) in [7, 11) is -3.28. The number of ether oxygens (including phenoxy) is 1. The lowest BCUT2D eigenvalue weighted by Crippen LogP contribution is -2.40. The fourth-order valence-corrected chi connectivity index (χ4v) is 3.90. The molecule has 1 unspecified atom stereocenters. The molecule has 31 heavy (non-hydrogen) atoms. The Hall–Kier alpha value is -2.56. The number of rotatable bonds is 6. The van der Waals surface area contributed by atoms with Crippen LogP contribution in [0.4, 0.5) is 10.2 Å². The Kier molecular flexibility index (Phi) is 7.24. The third-order valence-corrected chi connectivity index (χ3v) is 5.57. The van der Waals surface area contributed by atoms with Crippen molar-refractivity contribution in [3.05, 3.63) is 64.2 Å². The molecule has 1 amide bonds. The van der Waals surface area contributed by atoms with Crippen LogP contribution >= 0.6 is 11.6 Å². The molecule has 166 valence electrons. The first-order valence-electron chi connectivity index (χ1n) is 9.44. The topological polar surface area (TPSA) is 101 Å². The molecule has 1 fully saturated rings. The summed E-state index contributed by atoms with van der Waals surface area (Å²) < 4.78 is 41.4. The fraction of sp³-hybridized carbons (Fsp3) is 0.350. The summed E-state index contributed by atoms with van der Waals surface area (Å²) in [6.45, 7) is 2.99. The number of halogens is 2. The number of nitrogens with zero attached hydrogens (tertiary/aromatic N) is 3. The van der Waals surface area contributed by atoms with Gasteiger partial charge in [-0.25, -0.2) is 22.8 Å². The van der Waals surface area contributed by atoms with Gasteiger partial charge in [0, 0.05) is 29.3 Å². The lowest BCUT2D eigenvalue weighted by Gasteiger charge is -2.37. The van der Waals surface area contributed by atoms with Crippen LogP contribution in [0.25, 0.3) is 0 Å². The maximum absolute atomic E-state index is 13.4. The molecular weight excluding hydrogens is 447 g/mol. The predicted octanol–water partition coefficient (Wildman–Crippen LogP) is 2.52. The zero-order valence-electron chi connectivity index (χ0n) is 17.0. The molecule has 0 bridgehead atoms. The Morgan fingerprint density at radius 3 is 2.81 bits per heavy atom. The number of benzene rings is 1. The summed E-state index contributed by atoms with van der Waals surface area (Å²) in [6.07, 6.45) is 5.26. The molecule has 2 heterocycles. The van der Waals surface area contributed by atoms with Gasteiger partial charge in [-0.1, -0.05) is 23.7 Å². The molecule has 1 aromatic carbocycles. The van der Waals surface area contributed by atoms with Crippen LogP contribution in [-0.4, -0.2) is 56.3 Å². The molecular formula is C20H22ClFN4O4S. The summed E-state index contributed by atoms with van der Waals surface area (Å²) in [5.74, 6) is -0.382. The quantitative estimate of drug-likeness (QED) is 0.695. The van der Waals surface area contributed by atoms with Gasteiger partial charge in [0.15, 0.2) is 9.84 Å². The molecule has 2 aromatic rings. The van der Waals surface area contributed by atoms with Crippen molar-refractivity contribution in [2.45, 2.75) is 19.0 Å². The summed E-state index contributed by atoms with van der Waals surface area (Å²) in [5.41, 5.74) is 0.797. The molecule has 3 rings (SSSR count). The van der Waals surface area contributed by atoms with E-state index >= 15 is 0 Å². The summed E-state index contributed by atoms with van der Waals surface area (Å²) in [5, 5.41) is 3.96. The average Bonchev–Trinajstić information content (AvgIpc) is 2.72. The maximum atomic E-state index is 13.4. The summed E-state index contributed by atoms with van der Waals surface area (Å²) >= 11 is 6.23. The van der Waals surface area contributed by atoms with Crippen LogP contribution in [-0.2, 0) is 14.6 Å². The highest BCUT2D eigenvalue weighted by molar-refractivity contribution is 7.93. The molecule has 0 saturated carbocycles. The number of carbonyl (C=O) groups excluding carboxylic acids is 1. The van der Waals surface area contributed by atoms with Crippen LogP contribution in [0.15, 0.2) is 42.1 Å². The van der Waals surface area contributed by atoms with E-state index in [0.29, 0.717) is 36.2 Å². The second-order valence-corrected chi connectivity index (χ2v) is 9.47. The largest absolute Gasteiger partial charge is 0.377 e. The summed E-state index contributed by atoms with van der Waals surface area (Å²) in [6, 6.07) is 3.42. The van der Waals surface area contributed by atoms with Crippen molar-refractivity contribution in [1.82, 2.24) is 15.3 Å². The zero-order valence-corrected chi connectivity index (χ0v) is 18.5. The van der Waals surface area contributed by atoms with Crippen LogP contribution in [0.3, 0.4) is 0 Å². The third kappa shape index (κ3) is 6.22. The monoisotopic (exact) mass is 468 g/mol. The minimum atomic E-state index is -3.28. The Labute approximate surface area is 185 Å². The van der Waals surface area contributed by atoms with Crippen molar-refractivity contribution in [2.75, 3.05) is 30.9 Å². The molecule has 0 radical (unpaired) electrons.